The first-order chi connectivity index (χ1) is 11.8. The molecule has 0 bridgehead atoms. The maximum Gasteiger partial charge on any atom is 0.259 e. The lowest BCUT2D eigenvalue weighted by Crippen LogP contribution is -2.13. The zero-order valence-corrected chi connectivity index (χ0v) is 14.4. The topological polar surface area (TPSA) is 74.4 Å². The summed E-state index contributed by atoms with van der Waals surface area (Å²) in [6.45, 7) is 0. The molecule has 1 aliphatic heterocycles. The van der Waals surface area contributed by atoms with E-state index in [1.54, 1.807) is 11.3 Å². The summed E-state index contributed by atoms with van der Waals surface area (Å²) in [5.41, 5.74) is 3.12. The van der Waals surface area contributed by atoms with Gasteiger partial charge in [-0.05, 0) is 29.9 Å². The minimum atomic E-state index is -0.0180. The molecular weight excluding hydrogens is 340 g/mol. The number of rotatable bonds is 2. The molecule has 0 atom stereocenters. The summed E-state index contributed by atoms with van der Waals surface area (Å²) < 4.78 is 0. The summed E-state index contributed by atoms with van der Waals surface area (Å²) in [6.07, 6.45) is 1.46. The Morgan fingerprint density at radius 3 is 2.92 bits per heavy atom. The van der Waals surface area contributed by atoms with Crippen LogP contribution in [-0.4, -0.2) is 25.7 Å². The highest BCUT2D eigenvalue weighted by Crippen LogP contribution is 2.35. The fourth-order valence-corrected chi connectivity index (χ4v) is 5.58. The van der Waals surface area contributed by atoms with Gasteiger partial charge in [-0.1, -0.05) is 12.1 Å². The van der Waals surface area contributed by atoms with Gasteiger partial charge in [0.05, 0.1) is 22.8 Å². The van der Waals surface area contributed by atoms with Gasteiger partial charge in [-0.3, -0.25) is 4.79 Å². The normalized spacial score (nSPS) is 14.3. The number of aryl methyl sites for hydroxylation is 1. The zero-order chi connectivity index (χ0) is 16.1. The van der Waals surface area contributed by atoms with E-state index in [2.05, 4.69) is 15.0 Å². The van der Waals surface area contributed by atoms with Crippen LogP contribution in [0.3, 0.4) is 0 Å². The van der Waals surface area contributed by atoms with Gasteiger partial charge in [-0.2, -0.15) is 11.8 Å². The van der Waals surface area contributed by atoms with Crippen molar-refractivity contribution in [2.75, 3.05) is 5.75 Å². The van der Waals surface area contributed by atoms with Crippen LogP contribution in [0.1, 0.15) is 22.1 Å². The van der Waals surface area contributed by atoms with Crippen LogP contribution >= 0.6 is 23.1 Å². The molecule has 0 radical (unpaired) electrons. The Morgan fingerprint density at radius 2 is 2.00 bits per heavy atom. The van der Waals surface area contributed by atoms with E-state index in [1.807, 2.05) is 36.0 Å². The first kappa shape index (κ1) is 14.2. The van der Waals surface area contributed by atoms with Crippen molar-refractivity contribution >= 4 is 44.3 Å². The Labute approximate surface area is 145 Å². The van der Waals surface area contributed by atoms with E-state index in [9.17, 15) is 4.79 Å². The quantitative estimate of drug-likeness (QED) is 0.579. The third-order valence-corrected chi connectivity index (χ3v) is 6.59. The Kier molecular flexibility index (Phi) is 3.24. The number of fused-ring (bicyclic) bond motifs is 4. The SMILES string of the molecule is O=c1[nH]c(Cc2nc3ccccc3[nH]2)nc2sc3c(c12)CCSC3. The third-order valence-electron chi connectivity index (χ3n) is 4.30. The average molecular weight is 354 g/mol. The zero-order valence-electron chi connectivity index (χ0n) is 12.8. The molecule has 5 rings (SSSR count). The molecule has 3 aromatic heterocycles. The lowest BCUT2D eigenvalue weighted by Gasteiger charge is -2.09. The number of H-pyrrole nitrogens is 2. The molecule has 7 heteroatoms. The van der Waals surface area contributed by atoms with Crippen LogP contribution in [0.4, 0.5) is 0 Å². The van der Waals surface area contributed by atoms with Crippen LogP contribution < -0.4 is 5.56 Å². The van der Waals surface area contributed by atoms with Crippen LogP contribution in [0.5, 0.6) is 0 Å². The molecule has 0 aliphatic carbocycles. The van der Waals surface area contributed by atoms with Crippen molar-refractivity contribution in [1.29, 1.82) is 0 Å². The molecule has 0 saturated carbocycles. The number of nitrogens with zero attached hydrogens (tertiary/aromatic N) is 2. The number of hydrogen-bond donors (Lipinski definition) is 2. The Hall–Kier alpha value is -2.12. The molecule has 0 fully saturated rings. The lowest BCUT2D eigenvalue weighted by atomic mass is 10.1. The minimum Gasteiger partial charge on any atom is -0.342 e. The number of benzene rings is 1. The average Bonchev–Trinajstić information content (AvgIpc) is 3.14. The van der Waals surface area contributed by atoms with Crippen LogP contribution in [0.2, 0.25) is 0 Å². The van der Waals surface area contributed by atoms with E-state index < -0.39 is 0 Å². The summed E-state index contributed by atoms with van der Waals surface area (Å²) in [7, 11) is 0. The fourth-order valence-electron chi connectivity index (χ4n) is 3.21. The fraction of sp³-hybridized carbons (Fsp3) is 0.235. The van der Waals surface area contributed by atoms with Crippen molar-refractivity contribution in [3.63, 3.8) is 0 Å². The summed E-state index contributed by atoms with van der Waals surface area (Å²) in [6, 6.07) is 7.91. The highest BCUT2D eigenvalue weighted by atomic mass is 32.2. The van der Waals surface area contributed by atoms with Crippen LogP contribution in [-0.2, 0) is 18.6 Å². The van der Waals surface area contributed by atoms with Crippen molar-refractivity contribution in [3.05, 3.63) is 56.7 Å². The number of hydrogen-bond acceptors (Lipinski definition) is 5. The Morgan fingerprint density at radius 1 is 1.12 bits per heavy atom. The van der Waals surface area contributed by atoms with Gasteiger partial charge in [0.1, 0.15) is 16.5 Å². The van der Waals surface area contributed by atoms with Gasteiger partial charge in [0.25, 0.3) is 5.56 Å². The van der Waals surface area contributed by atoms with E-state index in [4.69, 9.17) is 4.98 Å². The summed E-state index contributed by atoms with van der Waals surface area (Å²) in [5, 5.41) is 0.795. The molecule has 0 spiro atoms. The minimum absolute atomic E-state index is 0.0180. The van der Waals surface area contributed by atoms with Crippen molar-refractivity contribution in [2.24, 2.45) is 0 Å². The number of para-hydroxylation sites is 2. The van der Waals surface area contributed by atoms with E-state index in [1.165, 1.54) is 10.4 Å². The van der Waals surface area contributed by atoms with Gasteiger partial charge < -0.3 is 9.97 Å². The standard InChI is InChI=1S/C17H14N4OS2/c22-16-15-9-5-6-23-8-12(9)24-17(15)21-14(20-16)7-13-18-10-3-1-2-4-11(10)19-13/h1-4H,5-8H2,(H,18,19)(H,20,21,22). The lowest BCUT2D eigenvalue weighted by molar-refractivity contribution is 0.922. The van der Waals surface area contributed by atoms with E-state index in [0.717, 1.165) is 45.0 Å². The van der Waals surface area contributed by atoms with Crippen LogP contribution in [0, 0.1) is 0 Å². The smallest absolute Gasteiger partial charge is 0.259 e. The number of aromatic nitrogens is 4. The molecule has 1 aliphatic rings. The number of imidazole rings is 1. The summed E-state index contributed by atoms with van der Waals surface area (Å²) >= 11 is 3.58. The number of thioether (sulfide) groups is 1. The molecule has 5 nitrogen and oxygen atoms in total. The number of aromatic amines is 2. The molecule has 0 unspecified atom stereocenters. The predicted molar refractivity (Wildman–Crippen MR) is 99.0 cm³/mol. The molecule has 120 valence electrons. The molecule has 0 saturated heterocycles. The second-order valence-corrected chi connectivity index (χ2v) is 8.07. The second-order valence-electron chi connectivity index (χ2n) is 5.88. The highest BCUT2D eigenvalue weighted by molar-refractivity contribution is 7.98. The van der Waals surface area contributed by atoms with Crippen molar-refractivity contribution in [1.82, 2.24) is 19.9 Å². The van der Waals surface area contributed by atoms with Gasteiger partial charge in [0.15, 0.2) is 0 Å². The predicted octanol–water partition coefficient (Wildman–Crippen LogP) is 3.24. The first-order valence-electron chi connectivity index (χ1n) is 7.83. The molecule has 4 heterocycles. The van der Waals surface area contributed by atoms with Gasteiger partial charge in [-0.25, -0.2) is 9.97 Å². The van der Waals surface area contributed by atoms with Crippen molar-refractivity contribution in [2.45, 2.75) is 18.6 Å². The molecule has 2 N–H and O–H groups in total. The molecule has 0 amide bonds. The van der Waals surface area contributed by atoms with Gasteiger partial charge >= 0.3 is 0 Å². The molecule has 4 aromatic rings. The van der Waals surface area contributed by atoms with Crippen LogP contribution in [0.15, 0.2) is 29.1 Å². The van der Waals surface area contributed by atoms with Gasteiger partial charge in [0.2, 0.25) is 0 Å². The Bertz CT molecular complexity index is 1090. The molecule has 24 heavy (non-hydrogen) atoms. The Balaban J connectivity index is 1.58. The molecular formula is C17H14N4OS2. The van der Waals surface area contributed by atoms with Crippen molar-refractivity contribution in [3.8, 4) is 0 Å². The maximum absolute atomic E-state index is 12.6. The molecule has 1 aromatic carbocycles. The monoisotopic (exact) mass is 354 g/mol. The summed E-state index contributed by atoms with van der Waals surface area (Å²) in [5.74, 6) is 3.56. The summed E-state index contributed by atoms with van der Waals surface area (Å²) in [4.78, 5) is 30.2. The second kappa shape index (κ2) is 5.46. The van der Waals surface area contributed by atoms with Gasteiger partial charge in [-0.15, -0.1) is 11.3 Å². The van der Waals surface area contributed by atoms with Crippen LogP contribution in [0.25, 0.3) is 21.3 Å². The van der Waals surface area contributed by atoms with Crippen molar-refractivity contribution < 1.29 is 0 Å². The first-order valence-corrected chi connectivity index (χ1v) is 9.80. The number of nitrogens with one attached hydrogen (secondary N) is 2. The third kappa shape index (κ3) is 2.27. The number of thiophene rings is 1. The highest BCUT2D eigenvalue weighted by Gasteiger charge is 2.20. The van der Waals surface area contributed by atoms with E-state index in [-0.39, 0.29) is 5.56 Å². The van der Waals surface area contributed by atoms with E-state index in [0.29, 0.717) is 12.2 Å². The van der Waals surface area contributed by atoms with E-state index >= 15 is 0 Å². The largest absolute Gasteiger partial charge is 0.342 e. The maximum atomic E-state index is 12.6. The van der Waals surface area contributed by atoms with Gasteiger partial charge in [0, 0.05) is 10.6 Å².